The molecule has 1 heterocycles. The van der Waals surface area contributed by atoms with Gasteiger partial charge in [0.15, 0.2) is 0 Å². The van der Waals surface area contributed by atoms with Crippen LogP contribution in [0.4, 0.5) is 0 Å². The van der Waals surface area contributed by atoms with Crippen LogP contribution in [0.25, 0.3) is 6.08 Å². The number of rotatable bonds is 12. The molecular formula is C27H37N5O6. The van der Waals surface area contributed by atoms with Crippen LogP contribution < -0.4 is 22.2 Å². The summed E-state index contributed by atoms with van der Waals surface area (Å²) in [5.41, 5.74) is 3.97. The molecule has 38 heavy (non-hydrogen) atoms. The van der Waals surface area contributed by atoms with Gasteiger partial charge in [0, 0.05) is 18.3 Å². The van der Waals surface area contributed by atoms with E-state index in [1.54, 1.807) is 11.6 Å². The molecule has 0 unspecified atom stereocenters. The second-order valence-corrected chi connectivity index (χ2v) is 10.0. The van der Waals surface area contributed by atoms with Crippen molar-refractivity contribution in [3.8, 4) is 0 Å². The number of allylic oxidation sites excluding steroid dienone is 1. The van der Waals surface area contributed by atoms with Crippen LogP contribution in [0.5, 0.6) is 0 Å². The third-order valence-corrected chi connectivity index (χ3v) is 5.75. The van der Waals surface area contributed by atoms with Gasteiger partial charge in [0.05, 0.1) is 18.3 Å². The van der Waals surface area contributed by atoms with E-state index < -0.39 is 40.8 Å². The molecule has 0 aliphatic heterocycles. The third-order valence-electron chi connectivity index (χ3n) is 5.75. The number of hydrogen-bond donors (Lipinski definition) is 5. The van der Waals surface area contributed by atoms with E-state index in [9.17, 15) is 29.2 Å². The number of carbonyl (C=O) groups is 3. The summed E-state index contributed by atoms with van der Waals surface area (Å²) < 4.78 is 0. The molecule has 11 nitrogen and oxygen atoms in total. The monoisotopic (exact) mass is 527 g/mol. The van der Waals surface area contributed by atoms with Crippen molar-refractivity contribution in [1.82, 2.24) is 25.9 Å². The van der Waals surface area contributed by atoms with Crippen molar-refractivity contribution in [2.75, 3.05) is 6.54 Å². The molecule has 0 bridgehead atoms. The van der Waals surface area contributed by atoms with Crippen LogP contribution in [-0.4, -0.2) is 44.5 Å². The highest BCUT2D eigenvalue weighted by molar-refractivity contribution is 5.89. The van der Waals surface area contributed by atoms with Crippen molar-refractivity contribution in [1.29, 1.82) is 0 Å². The van der Waals surface area contributed by atoms with Crippen LogP contribution in [0.15, 0.2) is 52.1 Å². The summed E-state index contributed by atoms with van der Waals surface area (Å²) in [5, 5.41) is 10.6. The van der Waals surface area contributed by atoms with Crippen molar-refractivity contribution < 1.29 is 19.6 Å². The number of hydroxylamine groups is 1. The predicted octanol–water partition coefficient (Wildman–Crippen LogP) is 2.01. The molecule has 3 amide bonds. The highest BCUT2D eigenvalue weighted by atomic mass is 16.5. The first kappa shape index (κ1) is 30.2. The molecule has 0 radical (unpaired) electrons. The molecule has 0 aliphatic carbocycles. The van der Waals surface area contributed by atoms with Gasteiger partial charge in [-0.05, 0) is 30.2 Å². The lowest BCUT2D eigenvalue weighted by Gasteiger charge is -2.30. The van der Waals surface area contributed by atoms with Crippen LogP contribution in [0.1, 0.15) is 51.8 Å². The lowest BCUT2D eigenvalue weighted by atomic mass is 9.82. The van der Waals surface area contributed by atoms with E-state index in [-0.39, 0.29) is 36.9 Å². The number of amides is 3. The fourth-order valence-corrected chi connectivity index (χ4v) is 4.08. The van der Waals surface area contributed by atoms with Gasteiger partial charge in [0.2, 0.25) is 17.7 Å². The Labute approximate surface area is 221 Å². The van der Waals surface area contributed by atoms with Crippen LogP contribution in [0, 0.1) is 23.7 Å². The highest BCUT2D eigenvalue weighted by Gasteiger charge is 2.35. The SMILES string of the molecule is CC(C)C[C@@H](C(=O)NN(CC(C)C)C(=O)Cc1cc(=O)[nH]c(=O)[nH]1)[C@H](C/C=C/c1ccccc1)C(=O)NO. The van der Waals surface area contributed by atoms with E-state index >= 15 is 0 Å². The Balaban J connectivity index is 2.29. The standard InChI is InChI=1S/C27H37N5O6/c1-17(2)13-22(21(26(36)31-38)12-8-11-19-9-6-5-7-10-19)25(35)30-32(16-18(3)4)24(34)15-20-14-23(33)29-27(37)28-20/h5-11,14,17-18,21-22,38H,12-13,15-16H2,1-4H3,(H,30,35)(H,31,36)(H2,28,29,33,37)/b11-8+/t21-,22+/m0/s1. The van der Waals surface area contributed by atoms with Crippen molar-refractivity contribution in [2.24, 2.45) is 23.7 Å². The molecule has 0 saturated heterocycles. The van der Waals surface area contributed by atoms with Gasteiger partial charge in [-0.25, -0.2) is 10.3 Å². The molecule has 2 atom stereocenters. The Bertz CT molecular complexity index is 1190. The van der Waals surface area contributed by atoms with Gasteiger partial charge in [-0.2, -0.15) is 0 Å². The average molecular weight is 528 g/mol. The largest absolute Gasteiger partial charge is 0.325 e. The highest BCUT2D eigenvalue weighted by Crippen LogP contribution is 2.25. The molecule has 2 aromatic rings. The number of aromatic nitrogens is 2. The molecule has 11 heteroatoms. The van der Waals surface area contributed by atoms with E-state index in [0.29, 0.717) is 6.42 Å². The normalized spacial score (nSPS) is 12.9. The Morgan fingerprint density at radius 1 is 0.974 bits per heavy atom. The molecule has 0 fully saturated rings. The Kier molecular flexibility index (Phi) is 11.7. The molecule has 1 aromatic heterocycles. The topological polar surface area (TPSA) is 164 Å². The summed E-state index contributed by atoms with van der Waals surface area (Å²) in [5.74, 6) is -3.53. The molecule has 1 aromatic carbocycles. The molecule has 0 spiro atoms. The van der Waals surface area contributed by atoms with Crippen molar-refractivity contribution in [3.05, 3.63) is 74.6 Å². The summed E-state index contributed by atoms with van der Waals surface area (Å²) in [6.07, 6.45) is 3.79. The third kappa shape index (κ3) is 9.81. The van der Waals surface area contributed by atoms with Crippen LogP contribution >= 0.6 is 0 Å². The number of hydrogen-bond acceptors (Lipinski definition) is 6. The zero-order valence-electron chi connectivity index (χ0n) is 22.2. The number of benzene rings is 1. The second-order valence-electron chi connectivity index (χ2n) is 10.0. The van der Waals surface area contributed by atoms with E-state index in [1.807, 2.05) is 69.1 Å². The van der Waals surface area contributed by atoms with Crippen molar-refractivity contribution >= 4 is 23.8 Å². The summed E-state index contributed by atoms with van der Waals surface area (Å²) in [6, 6.07) is 10.6. The summed E-state index contributed by atoms with van der Waals surface area (Å²) in [4.78, 5) is 66.9. The van der Waals surface area contributed by atoms with Crippen LogP contribution in [0.2, 0.25) is 0 Å². The summed E-state index contributed by atoms with van der Waals surface area (Å²) >= 11 is 0. The van der Waals surface area contributed by atoms with E-state index in [2.05, 4.69) is 10.4 Å². The van der Waals surface area contributed by atoms with Gasteiger partial charge in [-0.1, -0.05) is 70.2 Å². The maximum Gasteiger partial charge on any atom is 0.325 e. The molecule has 206 valence electrons. The van der Waals surface area contributed by atoms with Gasteiger partial charge in [0.1, 0.15) is 0 Å². The van der Waals surface area contributed by atoms with E-state index in [0.717, 1.165) is 16.6 Å². The van der Waals surface area contributed by atoms with Gasteiger partial charge in [-0.3, -0.25) is 39.8 Å². The van der Waals surface area contributed by atoms with Gasteiger partial charge >= 0.3 is 5.69 Å². The molecular weight excluding hydrogens is 490 g/mol. The Morgan fingerprint density at radius 2 is 1.66 bits per heavy atom. The minimum atomic E-state index is -0.901. The first-order valence-corrected chi connectivity index (χ1v) is 12.6. The molecule has 2 rings (SSSR count). The smallest absolute Gasteiger partial charge is 0.311 e. The lowest BCUT2D eigenvalue weighted by Crippen LogP contribution is -2.52. The fraction of sp³-hybridized carbons (Fsp3) is 0.444. The first-order chi connectivity index (χ1) is 18.0. The number of carbonyl (C=O) groups excluding carboxylic acids is 3. The predicted molar refractivity (Wildman–Crippen MR) is 143 cm³/mol. The van der Waals surface area contributed by atoms with Crippen molar-refractivity contribution in [2.45, 2.75) is 47.0 Å². The van der Waals surface area contributed by atoms with Gasteiger partial charge in [0.25, 0.3) is 5.56 Å². The molecule has 0 aliphatic rings. The summed E-state index contributed by atoms with van der Waals surface area (Å²) in [6.45, 7) is 7.72. The summed E-state index contributed by atoms with van der Waals surface area (Å²) in [7, 11) is 0. The van der Waals surface area contributed by atoms with Gasteiger partial charge in [-0.15, -0.1) is 0 Å². The fourth-order valence-electron chi connectivity index (χ4n) is 4.08. The maximum atomic E-state index is 13.5. The molecule has 5 N–H and O–H groups in total. The molecule has 0 saturated carbocycles. The second kappa shape index (κ2) is 14.7. The number of nitrogens with zero attached hydrogens (tertiary/aromatic N) is 1. The lowest BCUT2D eigenvalue weighted by molar-refractivity contribution is -0.147. The number of aromatic amines is 2. The Morgan fingerprint density at radius 3 is 2.24 bits per heavy atom. The maximum absolute atomic E-state index is 13.5. The van der Waals surface area contributed by atoms with Gasteiger partial charge < -0.3 is 4.98 Å². The minimum absolute atomic E-state index is 0.0219. The van der Waals surface area contributed by atoms with Crippen molar-refractivity contribution in [3.63, 3.8) is 0 Å². The quantitative estimate of drug-likeness (QED) is 0.209. The van der Waals surface area contributed by atoms with Crippen LogP contribution in [-0.2, 0) is 20.8 Å². The minimum Gasteiger partial charge on any atom is -0.311 e. The first-order valence-electron chi connectivity index (χ1n) is 12.6. The zero-order valence-corrected chi connectivity index (χ0v) is 22.2. The van der Waals surface area contributed by atoms with Crippen LogP contribution in [0.3, 0.4) is 0 Å². The average Bonchev–Trinajstić information content (AvgIpc) is 2.84. The number of hydrazine groups is 1. The van der Waals surface area contributed by atoms with E-state index in [4.69, 9.17) is 0 Å². The number of nitrogens with one attached hydrogen (secondary N) is 4. The Hall–Kier alpha value is -3.99. The van der Waals surface area contributed by atoms with E-state index in [1.165, 1.54) is 0 Å². The zero-order chi connectivity index (χ0) is 28.2. The number of H-pyrrole nitrogens is 2.